The van der Waals surface area contributed by atoms with Gasteiger partial charge in [-0.1, -0.05) is 20.4 Å². The van der Waals surface area contributed by atoms with Gasteiger partial charge in [0, 0.05) is 49.8 Å². The first-order valence-electron chi connectivity index (χ1n) is 13.9. The molecule has 3 aromatic rings. The Balaban J connectivity index is 1.45. The number of amides is 1. The van der Waals surface area contributed by atoms with Gasteiger partial charge >= 0.3 is 0 Å². The minimum Gasteiger partial charge on any atom is -0.494 e. The van der Waals surface area contributed by atoms with Crippen molar-refractivity contribution < 1.29 is 9.53 Å². The number of methoxy groups -OCH3 is 1. The minimum absolute atomic E-state index is 0.142. The van der Waals surface area contributed by atoms with Crippen LogP contribution in [0.15, 0.2) is 43.2 Å². The van der Waals surface area contributed by atoms with Crippen molar-refractivity contribution in [2.24, 2.45) is 0 Å². The van der Waals surface area contributed by atoms with Crippen LogP contribution in [0.3, 0.4) is 0 Å². The lowest BCUT2D eigenvalue weighted by molar-refractivity contribution is -0.111. The van der Waals surface area contributed by atoms with E-state index in [-0.39, 0.29) is 11.3 Å². The number of anilines is 6. The molecular formula is C30H39N9O2. The zero-order valence-corrected chi connectivity index (χ0v) is 24.7. The summed E-state index contributed by atoms with van der Waals surface area (Å²) >= 11 is 0. The fraction of sp³-hybridized carbons (Fsp3) is 0.433. The van der Waals surface area contributed by atoms with Crippen LogP contribution in [0.1, 0.15) is 44.0 Å². The lowest BCUT2D eigenvalue weighted by atomic mass is 9.91. The van der Waals surface area contributed by atoms with E-state index in [4.69, 9.17) is 14.7 Å². The third-order valence-corrected chi connectivity index (χ3v) is 7.48. The van der Waals surface area contributed by atoms with Crippen LogP contribution >= 0.6 is 0 Å². The van der Waals surface area contributed by atoms with Crippen LogP contribution in [-0.2, 0) is 10.2 Å². The Kier molecular flexibility index (Phi) is 7.81. The number of pyridine rings is 1. The van der Waals surface area contributed by atoms with Crippen molar-refractivity contribution in [3.63, 3.8) is 0 Å². The van der Waals surface area contributed by atoms with Crippen molar-refractivity contribution in [3.05, 3.63) is 54.6 Å². The molecule has 0 radical (unpaired) electrons. The van der Waals surface area contributed by atoms with E-state index in [0.29, 0.717) is 41.5 Å². The number of nitrogens with one attached hydrogen (secondary N) is 2. The van der Waals surface area contributed by atoms with E-state index in [0.717, 1.165) is 30.2 Å². The van der Waals surface area contributed by atoms with Crippen molar-refractivity contribution in [1.29, 1.82) is 0 Å². The summed E-state index contributed by atoms with van der Waals surface area (Å²) in [6.45, 7) is 10.3. The number of nitrogens with zero attached hydrogens (tertiary/aromatic N) is 7. The topological polar surface area (TPSA) is 112 Å². The maximum Gasteiger partial charge on any atom is 0.247 e. The van der Waals surface area contributed by atoms with E-state index >= 15 is 0 Å². The molecular weight excluding hydrogens is 518 g/mol. The van der Waals surface area contributed by atoms with Gasteiger partial charge in [-0.15, -0.1) is 0 Å². The van der Waals surface area contributed by atoms with E-state index in [1.165, 1.54) is 30.9 Å². The molecule has 0 saturated heterocycles. The number of fused-ring (bicyclic) bond motifs is 1. The second-order valence-electron chi connectivity index (χ2n) is 11.6. The SMILES string of the molecule is C=CC(=O)Nc1cc(Nc2ncnc(N3CC(C)(C)c4nc(C5CC5)ccc43)n2)c(OC)cc1N(C)CCN(C)C. The highest BCUT2D eigenvalue weighted by atomic mass is 16.5. The average Bonchev–Trinajstić information content (AvgIpc) is 3.76. The lowest BCUT2D eigenvalue weighted by Gasteiger charge is -2.26. The molecule has 1 amide bonds. The molecule has 1 aliphatic carbocycles. The van der Waals surface area contributed by atoms with E-state index in [1.807, 2.05) is 33.3 Å². The molecule has 0 spiro atoms. The Morgan fingerprint density at radius 1 is 1.15 bits per heavy atom. The Hall–Kier alpha value is -4.25. The average molecular weight is 558 g/mol. The second-order valence-corrected chi connectivity index (χ2v) is 11.6. The van der Waals surface area contributed by atoms with Gasteiger partial charge in [0.2, 0.25) is 17.8 Å². The number of aromatic nitrogens is 4. The summed E-state index contributed by atoms with van der Waals surface area (Å²) in [5.74, 6) is 1.76. The van der Waals surface area contributed by atoms with Gasteiger partial charge in [-0.2, -0.15) is 4.98 Å². The summed E-state index contributed by atoms with van der Waals surface area (Å²) in [5.41, 5.74) is 5.17. The van der Waals surface area contributed by atoms with Gasteiger partial charge in [0.15, 0.2) is 0 Å². The molecule has 41 heavy (non-hydrogen) atoms. The summed E-state index contributed by atoms with van der Waals surface area (Å²) in [5, 5.41) is 6.20. The molecule has 1 saturated carbocycles. The van der Waals surface area contributed by atoms with Crippen molar-refractivity contribution in [2.75, 3.05) is 68.3 Å². The molecule has 1 aromatic carbocycles. The van der Waals surface area contributed by atoms with Crippen LogP contribution in [0.2, 0.25) is 0 Å². The maximum atomic E-state index is 12.3. The largest absolute Gasteiger partial charge is 0.494 e. The number of benzene rings is 1. The van der Waals surface area contributed by atoms with E-state index < -0.39 is 0 Å². The van der Waals surface area contributed by atoms with E-state index in [9.17, 15) is 4.79 Å². The normalized spacial score (nSPS) is 15.4. The van der Waals surface area contributed by atoms with Gasteiger partial charge in [0.25, 0.3) is 0 Å². The molecule has 216 valence electrons. The maximum absolute atomic E-state index is 12.3. The molecule has 11 heteroatoms. The van der Waals surface area contributed by atoms with Crippen LogP contribution in [0.4, 0.5) is 34.6 Å². The second kappa shape index (κ2) is 11.3. The molecule has 11 nitrogen and oxygen atoms in total. The molecule has 1 fully saturated rings. The van der Waals surface area contributed by atoms with Gasteiger partial charge in [0.05, 0.1) is 35.6 Å². The van der Waals surface area contributed by atoms with E-state index in [1.54, 1.807) is 7.11 Å². The van der Waals surface area contributed by atoms with Crippen LogP contribution in [0.25, 0.3) is 0 Å². The summed E-state index contributed by atoms with van der Waals surface area (Å²) in [6, 6.07) is 7.99. The molecule has 2 aromatic heterocycles. The zero-order valence-electron chi connectivity index (χ0n) is 24.7. The predicted molar refractivity (Wildman–Crippen MR) is 163 cm³/mol. The number of hydrogen-bond acceptors (Lipinski definition) is 10. The van der Waals surface area contributed by atoms with Crippen LogP contribution in [-0.4, -0.2) is 78.6 Å². The number of carbonyl (C=O) groups is 1. The summed E-state index contributed by atoms with van der Waals surface area (Å²) in [4.78, 5) is 37.3. The van der Waals surface area contributed by atoms with Gasteiger partial charge in [-0.3, -0.25) is 9.78 Å². The van der Waals surface area contributed by atoms with Crippen molar-refractivity contribution in [2.45, 2.75) is 38.0 Å². The number of likely N-dealkylation sites (N-methyl/N-ethyl adjacent to an activating group) is 2. The monoisotopic (exact) mass is 557 g/mol. The molecule has 2 N–H and O–H groups in total. The van der Waals surface area contributed by atoms with Crippen LogP contribution < -0.4 is 25.2 Å². The van der Waals surface area contributed by atoms with Gasteiger partial charge < -0.3 is 30.1 Å². The van der Waals surface area contributed by atoms with Crippen molar-refractivity contribution in [1.82, 2.24) is 24.8 Å². The van der Waals surface area contributed by atoms with Gasteiger partial charge in [-0.05, 0) is 51.2 Å². The first-order chi connectivity index (χ1) is 19.6. The predicted octanol–water partition coefficient (Wildman–Crippen LogP) is 4.45. The molecule has 0 atom stereocenters. The zero-order chi connectivity index (χ0) is 29.3. The number of rotatable bonds is 11. The standard InChI is InChI=1S/C30H39N9O2/c1-8-26(40)33-21-15-22(25(41-7)16-24(21)38(6)14-13-37(4)5)35-28-31-18-32-29(36-28)39-17-30(2,3)27-23(39)12-11-20(34-27)19-9-10-19/h8,11-12,15-16,18-19H,1,9-10,13-14,17H2,2-7H3,(H,33,40)(H,31,32,35,36). The molecule has 1 aliphatic heterocycles. The molecule has 0 unspecified atom stereocenters. The molecule has 2 aliphatic rings. The van der Waals surface area contributed by atoms with E-state index in [2.05, 4.69) is 67.9 Å². The Morgan fingerprint density at radius 2 is 1.93 bits per heavy atom. The molecule has 5 rings (SSSR count). The highest BCUT2D eigenvalue weighted by Gasteiger charge is 2.40. The van der Waals surface area contributed by atoms with Crippen molar-refractivity contribution >= 4 is 40.6 Å². The summed E-state index contributed by atoms with van der Waals surface area (Å²) < 4.78 is 5.74. The van der Waals surface area contributed by atoms with Gasteiger partial charge in [0.1, 0.15) is 12.1 Å². The first-order valence-corrected chi connectivity index (χ1v) is 13.9. The number of ether oxygens (including phenoxy) is 1. The first kappa shape index (κ1) is 28.3. The van der Waals surface area contributed by atoms with Gasteiger partial charge in [-0.25, -0.2) is 9.97 Å². The Morgan fingerprint density at radius 3 is 2.61 bits per heavy atom. The molecule has 0 bridgehead atoms. The van der Waals surface area contributed by atoms with Crippen LogP contribution in [0, 0.1) is 0 Å². The Labute approximate surface area is 241 Å². The third kappa shape index (κ3) is 6.09. The van der Waals surface area contributed by atoms with Crippen LogP contribution in [0.5, 0.6) is 5.75 Å². The minimum atomic E-state index is -0.306. The highest BCUT2D eigenvalue weighted by Crippen LogP contribution is 2.46. The Bertz CT molecular complexity index is 1450. The fourth-order valence-corrected chi connectivity index (χ4v) is 5.03. The quantitative estimate of drug-likeness (QED) is 0.328. The number of hydrogen-bond donors (Lipinski definition) is 2. The third-order valence-electron chi connectivity index (χ3n) is 7.48. The molecule has 3 heterocycles. The summed E-state index contributed by atoms with van der Waals surface area (Å²) in [7, 11) is 7.63. The fourth-order valence-electron chi connectivity index (χ4n) is 5.03. The highest BCUT2D eigenvalue weighted by molar-refractivity contribution is 6.02. The smallest absolute Gasteiger partial charge is 0.247 e. The lowest BCUT2D eigenvalue weighted by Crippen LogP contribution is -2.29. The summed E-state index contributed by atoms with van der Waals surface area (Å²) in [6.07, 6.45) is 5.18. The number of carbonyl (C=O) groups excluding carboxylic acids is 1. The van der Waals surface area contributed by atoms with Crippen molar-refractivity contribution in [3.8, 4) is 5.75 Å².